The van der Waals surface area contributed by atoms with Crippen LogP contribution in [0.15, 0.2) is 67.1 Å². The van der Waals surface area contributed by atoms with Crippen LogP contribution in [0.5, 0.6) is 0 Å². The molecule has 2 N–H and O–H groups in total. The number of rotatable bonds is 6. The SMILES string of the molecule is Cc1cccc(-c2[nH]c(CNCc3ccccc3F)nc2-c2ccc3ncnn3c2)n1.[HH]. The molecule has 5 rings (SSSR count). The van der Waals surface area contributed by atoms with Crippen molar-refractivity contribution < 1.29 is 5.82 Å². The Morgan fingerprint density at radius 1 is 1.03 bits per heavy atom. The number of aromatic nitrogens is 6. The summed E-state index contributed by atoms with van der Waals surface area (Å²) in [5, 5.41) is 7.48. The Bertz CT molecular complexity index is 1360. The molecule has 0 saturated heterocycles. The van der Waals surface area contributed by atoms with E-state index in [0.29, 0.717) is 18.7 Å². The summed E-state index contributed by atoms with van der Waals surface area (Å²) in [4.78, 5) is 17.1. The summed E-state index contributed by atoms with van der Waals surface area (Å²) < 4.78 is 15.6. The average molecular weight is 415 g/mol. The second-order valence-electron chi connectivity index (χ2n) is 7.25. The quantitative estimate of drug-likeness (QED) is 0.435. The van der Waals surface area contributed by atoms with Crippen molar-refractivity contribution in [3.8, 4) is 22.6 Å². The lowest BCUT2D eigenvalue weighted by atomic mass is 10.1. The molecule has 4 heterocycles. The third-order valence-electron chi connectivity index (χ3n) is 5.01. The number of aryl methyl sites for hydroxylation is 1. The molecule has 0 radical (unpaired) electrons. The Morgan fingerprint density at radius 3 is 2.81 bits per heavy atom. The molecule has 31 heavy (non-hydrogen) atoms. The summed E-state index contributed by atoms with van der Waals surface area (Å²) in [6.45, 7) is 2.82. The first-order chi connectivity index (χ1) is 15.2. The van der Waals surface area contributed by atoms with Crippen molar-refractivity contribution in [2.75, 3.05) is 0 Å². The molecule has 0 aliphatic carbocycles. The van der Waals surface area contributed by atoms with Crippen molar-refractivity contribution in [3.63, 3.8) is 0 Å². The first kappa shape index (κ1) is 19.1. The van der Waals surface area contributed by atoms with Gasteiger partial charge in [0.1, 0.15) is 18.0 Å². The minimum atomic E-state index is -0.221. The van der Waals surface area contributed by atoms with Crippen LogP contribution in [0.4, 0.5) is 4.39 Å². The Hall–Kier alpha value is -3.91. The molecular formula is C23H22FN7. The second-order valence-corrected chi connectivity index (χ2v) is 7.25. The fraction of sp³-hybridized carbons (Fsp3) is 0.130. The van der Waals surface area contributed by atoms with Gasteiger partial charge in [0.15, 0.2) is 5.65 Å². The van der Waals surface area contributed by atoms with E-state index in [1.54, 1.807) is 16.6 Å². The average Bonchev–Trinajstić information content (AvgIpc) is 3.41. The molecule has 5 aromatic rings. The number of imidazole rings is 1. The van der Waals surface area contributed by atoms with Crippen LogP contribution in [0.1, 0.15) is 18.5 Å². The molecule has 7 nitrogen and oxygen atoms in total. The van der Waals surface area contributed by atoms with E-state index in [9.17, 15) is 4.39 Å². The highest BCUT2D eigenvalue weighted by Crippen LogP contribution is 2.29. The van der Waals surface area contributed by atoms with Gasteiger partial charge in [-0.05, 0) is 37.3 Å². The van der Waals surface area contributed by atoms with Gasteiger partial charge in [-0.3, -0.25) is 4.98 Å². The van der Waals surface area contributed by atoms with Crippen LogP contribution < -0.4 is 5.32 Å². The molecule has 0 amide bonds. The van der Waals surface area contributed by atoms with Gasteiger partial charge in [0.25, 0.3) is 0 Å². The van der Waals surface area contributed by atoms with Crippen LogP contribution in [0.25, 0.3) is 28.3 Å². The van der Waals surface area contributed by atoms with Crippen LogP contribution >= 0.6 is 0 Å². The zero-order chi connectivity index (χ0) is 21.2. The molecule has 156 valence electrons. The predicted molar refractivity (Wildman–Crippen MR) is 118 cm³/mol. The van der Waals surface area contributed by atoms with Gasteiger partial charge in [0.2, 0.25) is 0 Å². The fourth-order valence-corrected chi connectivity index (χ4v) is 3.50. The van der Waals surface area contributed by atoms with Crippen molar-refractivity contribution in [1.82, 2.24) is 34.9 Å². The highest BCUT2D eigenvalue weighted by Gasteiger charge is 2.16. The molecular weight excluding hydrogens is 393 g/mol. The summed E-state index contributed by atoms with van der Waals surface area (Å²) in [5.41, 5.74) is 5.61. The Labute approximate surface area is 179 Å². The van der Waals surface area contributed by atoms with Gasteiger partial charge >= 0.3 is 0 Å². The molecule has 0 saturated carbocycles. The van der Waals surface area contributed by atoms with Gasteiger partial charge in [-0.1, -0.05) is 24.3 Å². The van der Waals surface area contributed by atoms with Crippen LogP contribution in [0.3, 0.4) is 0 Å². The topological polar surface area (TPSA) is 83.8 Å². The van der Waals surface area contributed by atoms with Crippen molar-refractivity contribution in [2.45, 2.75) is 20.0 Å². The lowest BCUT2D eigenvalue weighted by molar-refractivity contribution is 0.584. The molecule has 0 unspecified atom stereocenters. The number of halogens is 1. The van der Waals surface area contributed by atoms with Gasteiger partial charge in [-0.2, -0.15) is 5.10 Å². The number of fused-ring (bicyclic) bond motifs is 1. The van der Waals surface area contributed by atoms with Gasteiger partial charge in [0, 0.05) is 31.0 Å². The van der Waals surface area contributed by atoms with Gasteiger partial charge < -0.3 is 10.3 Å². The number of H-pyrrole nitrogens is 1. The van der Waals surface area contributed by atoms with Gasteiger partial charge in [-0.15, -0.1) is 0 Å². The van der Waals surface area contributed by atoms with Crippen LogP contribution in [0.2, 0.25) is 0 Å². The van der Waals surface area contributed by atoms with Crippen LogP contribution in [0, 0.1) is 12.7 Å². The second kappa shape index (κ2) is 8.08. The van der Waals surface area contributed by atoms with E-state index in [1.807, 2.05) is 49.5 Å². The largest absolute Gasteiger partial charge is 0.339 e. The van der Waals surface area contributed by atoms with Crippen LogP contribution in [-0.2, 0) is 13.1 Å². The minimum absolute atomic E-state index is 0. The van der Waals surface area contributed by atoms with Crippen molar-refractivity contribution >= 4 is 5.65 Å². The maximum Gasteiger partial charge on any atom is 0.155 e. The Kier molecular flexibility index (Phi) is 4.97. The smallest absolute Gasteiger partial charge is 0.155 e. The van der Waals surface area contributed by atoms with Gasteiger partial charge in [-0.25, -0.2) is 18.9 Å². The molecule has 0 fully saturated rings. The minimum Gasteiger partial charge on any atom is -0.339 e. The van der Waals surface area contributed by atoms with Crippen LogP contribution in [-0.4, -0.2) is 29.5 Å². The van der Waals surface area contributed by atoms with E-state index in [2.05, 4.69) is 25.4 Å². The number of nitrogens with one attached hydrogen (secondary N) is 2. The Morgan fingerprint density at radius 2 is 1.94 bits per heavy atom. The number of aromatic amines is 1. The Balaban J connectivity index is 0.00000245. The van der Waals surface area contributed by atoms with Gasteiger partial charge in [0.05, 0.1) is 23.6 Å². The molecule has 0 spiro atoms. The van der Waals surface area contributed by atoms with E-state index in [0.717, 1.165) is 39.8 Å². The fourth-order valence-electron chi connectivity index (χ4n) is 3.50. The van der Waals surface area contributed by atoms with Crippen molar-refractivity contribution in [3.05, 3.63) is 90.0 Å². The zero-order valence-corrected chi connectivity index (χ0v) is 16.9. The predicted octanol–water partition coefficient (Wildman–Crippen LogP) is 4.16. The summed E-state index contributed by atoms with van der Waals surface area (Å²) in [6, 6.07) is 16.5. The molecule has 8 heteroatoms. The van der Waals surface area contributed by atoms with Crippen molar-refractivity contribution in [2.24, 2.45) is 0 Å². The zero-order valence-electron chi connectivity index (χ0n) is 16.9. The monoisotopic (exact) mass is 415 g/mol. The molecule has 0 atom stereocenters. The summed E-state index contributed by atoms with van der Waals surface area (Å²) in [5.74, 6) is 0.518. The number of nitrogens with zero attached hydrogens (tertiary/aromatic N) is 5. The first-order valence-electron chi connectivity index (χ1n) is 9.94. The lowest BCUT2D eigenvalue weighted by Gasteiger charge is -2.04. The van der Waals surface area contributed by atoms with E-state index in [4.69, 9.17) is 4.98 Å². The third-order valence-corrected chi connectivity index (χ3v) is 5.01. The molecule has 1 aromatic carbocycles. The number of hydrogen-bond acceptors (Lipinski definition) is 5. The summed E-state index contributed by atoms with van der Waals surface area (Å²) >= 11 is 0. The summed E-state index contributed by atoms with van der Waals surface area (Å²) in [6.07, 6.45) is 3.42. The van der Waals surface area contributed by atoms with Crippen molar-refractivity contribution in [1.29, 1.82) is 0 Å². The molecule has 0 aliphatic heterocycles. The number of pyridine rings is 2. The summed E-state index contributed by atoms with van der Waals surface area (Å²) in [7, 11) is 0. The van der Waals surface area contributed by atoms with E-state index in [1.165, 1.54) is 12.4 Å². The van der Waals surface area contributed by atoms with E-state index >= 15 is 0 Å². The molecule has 0 aliphatic rings. The maximum atomic E-state index is 13.9. The standard InChI is InChI=1S/C23H20FN7.H2/c1-15-5-4-8-19(28-15)23-22(17-9-10-21-26-14-27-31(21)13-17)29-20(30-23)12-25-11-16-6-2-3-7-18(16)24;/h2-10,13-14,25H,11-12H2,1H3,(H,29,30);1H. The van der Waals surface area contributed by atoms with E-state index < -0.39 is 0 Å². The highest BCUT2D eigenvalue weighted by molar-refractivity contribution is 5.77. The lowest BCUT2D eigenvalue weighted by Crippen LogP contribution is -2.14. The third kappa shape index (κ3) is 3.93. The molecule has 0 bridgehead atoms. The first-order valence-corrected chi connectivity index (χ1v) is 9.94. The number of benzene rings is 1. The number of hydrogen-bond donors (Lipinski definition) is 2. The normalized spacial score (nSPS) is 11.3. The molecule has 4 aromatic heterocycles. The van der Waals surface area contributed by atoms with E-state index in [-0.39, 0.29) is 7.24 Å². The highest BCUT2D eigenvalue weighted by atomic mass is 19.1. The maximum absolute atomic E-state index is 13.9.